The van der Waals surface area contributed by atoms with Crippen molar-refractivity contribution in [3.63, 3.8) is 0 Å². The lowest BCUT2D eigenvalue weighted by Gasteiger charge is -2.32. The van der Waals surface area contributed by atoms with Gasteiger partial charge in [-0.15, -0.1) is 36.2 Å². The minimum atomic E-state index is 0. The van der Waals surface area contributed by atoms with Crippen LogP contribution in [0, 0.1) is 0 Å². The molecule has 0 saturated carbocycles. The van der Waals surface area contributed by atoms with Gasteiger partial charge in [-0.25, -0.2) is 4.98 Å². The molecule has 132 valence electrons. The van der Waals surface area contributed by atoms with Gasteiger partial charge in [0.05, 0.1) is 16.3 Å². The van der Waals surface area contributed by atoms with E-state index in [2.05, 4.69) is 12.3 Å². The van der Waals surface area contributed by atoms with Gasteiger partial charge in [-0.05, 0) is 31.4 Å². The van der Waals surface area contributed by atoms with Gasteiger partial charge in [0, 0.05) is 30.1 Å². The Morgan fingerprint density at radius 3 is 2.79 bits per heavy atom. The summed E-state index contributed by atoms with van der Waals surface area (Å²) in [7, 11) is 0. The second-order valence-electron chi connectivity index (χ2n) is 5.71. The molecule has 0 radical (unpaired) electrons. The molecule has 1 aromatic heterocycles. The molecular weight excluding hydrogens is 365 g/mol. The number of carbonyl (C=O) groups excluding carboxylic acids is 1. The van der Waals surface area contributed by atoms with Gasteiger partial charge in [-0.3, -0.25) is 4.79 Å². The maximum absolute atomic E-state index is 12.7. The Hall–Kier alpha value is -1.30. The fourth-order valence-corrected chi connectivity index (χ4v) is 3.93. The predicted octanol–water partition coefficient (Wildman–Crippen LogP) is 4.15. The molecule has 24 heavy (non-hydrogen) atoms. The molecule has 2 N–H and O–H groups in total. The third-order valence-corrected chi connectivity index (χ3v) is 5.24. The molecule has 2 aromatic rings. The van der Waals surface area contributed by atoms with Crippen LogP contribution in [0.5, 0.6) is 0 Å². The molecule has 3 rings (SSSR count). The molecule has 1 atom stereocenters. The minimum absolute atomic E-state index is 0. The average Bonchev–Trinajstić information content (AvgIpc) is 3.04. The molecular formula is C17H23Cl2N3OS. The first-order chi connectivity index (χ1) is 10.7. The van der Waals surface area contributed by atoms with Crippen LogP contribution in [-0.4, -0.2) is 28.9 Å². The number of hydrogen-bond acceptors (Lipinski definition) is 4. The van der Waals surface area contributed by atoms with Crippen molar-refractivity contribution in [2.45, 2.75) is 32.1 Å². The van der Waals surface area contributed by atoms with Crippen LogP contribution in [0.3, 0.4) is 0 Å². The number of aromatic nitrogens is 1. The molecule has 4 nitrogen and oxygen atoms in total. The zero-order valence-corrected chi connectivity index (χ0v) is 16.1. The van der Waals surface area contributed by atoms with Crippen molar-refractivity contribution >= 4 is 47.7 Å². The Labute approximate surface area is 159 Å². The molecule has 2 heterocycles. The SMILES string of the molecule is CCc1csc(C2CCCN(C(=O)c3ccccc3N)C2)n1.Cl.Cl. The number of carbonyl (C=O) groups is 1. The number of benzene rings is 1. The summed E-state index contributed by atoms with van der Waals surface area (Å²) in [6, 6.07) is 7.30. The van der Waals surface area contributed by atoms with Gasteiger partial charge in [0.2, 0.25) is 0 Å². The zero-order valence-electron chi connectivity index (χ0n) is 13.6. The number of nitrogens with zero attached hydrogens (tertiary/aromatic N) is 2. The van der Waals surface area contributed by atoms with Gasteiger partial charge in [-0.2, -0.15) is 0 Å². The molecule has 0 spiro atoms. The molecule has 0 bridgehead atoms. The van der Waals surface area contributed by atoms with Crippen LogP contribution < -0.4 is 5.73 Å². The molecule has 1 aliphatic rings. The van der Waals surface area contributed by atoms with Crippen LogP contribution >= 0.6 is 36.2 Å². The van der Waals surface area contributed by atoms with E-state index in [0.29, 0.717) is 17.2 Å². The molecule has 1 aliphatic heterocycles. The number of amides is 1. The third kappa shape index (κ3) is 4.41. The molecule has 1 aromatic carbocycles. The fraction of sp³-hybridized carbons (Fsp3) is 0.412. The highest BCUT2D eigenvalue weighted by Gasteiger charge is 2.27. The van der Waals surface area contributed by atoms with Gasteiger partial charge >= 0.3 is 0 Å². The number of rotatable bonds is 3. The van der Waals surface area contributed by atoms with Crippen molar-refractivity contribution in [1.29, 1.82) is 0 Å². The zero-order chi connectivity index (χ0) is 15.5. The molecule has 1 amide bonds. The summed E-state index contributed by atoms with van der Waals surface area (Å²) in [5.41, 5.74) is 8.25. The maximum Gasteiger partial charge on any atom is 0.255 e. The fourth-order valence-electron chi connectivity index (χ4n) is 2.90. The molecule has 7 heteroatoms. The van der Waals surface area contributed by atoms with Gasteiger partial charge < -0.3 is 10.6 Å². The lowest BCUT2D eigenvalue weighted by atomic mass is 9.97. The van der Waals surface area contributed by atoms with Crippen LogP contribution in [-0.2, 0) is 6.42 Å². The molecule has 1 fully saturated rings. The number of nitrogens with two attached hydrogens (primary N) is 1. The van der Waals surface area contributed by atoms with Crippen molar-refractivity contribution in [3.8, 4) is 0 Å². The highest BCUT2D eigenvalue weighted by atomic mass is 35.5. The first kappa shape index (κ1) is 20.7. The van der Waals surface area contributed by atoms with Crippen LogP contribution in [0.2, 0.25) is 0 Å². The van der Waals surface area contributed by atoms with Crippen molar-refractivity contribution in [2.75, 3.05) is 18.8 Å². The van der Waals surface area contributed by atoms with Crippen LogP contribution in [0.25, 0.3) is 0 Å². The van der Waals surface area contributed by atoms with Crippen molar-refractivity contribution in [2.24, 2.45) is 0 Å². The summed E-state index contributed by atoms with van der Waals surface area (Å²) in [5.74, 6) is 0.392. The Morgan fingerprint density at radius 1 is 1.38 bits per heavy atom. The predicted molar refractivity (Wildman–Crippen MR) is 105 cm³/mol. The standard InChI is InChI=1S/C17H21N3OS.2ClH/c1-2-13-11-22-16(19-13)12-6-5-9-20(10-12)17(21)14-7-3-4-8-15(14)18;;/h3-4,7-8,11-12H,2,5-6,9-10,18H2,1H3;2*1H. The Morgan fingerprint density at radius 2 is 2.12 bits per heavy atom. The van der Waals surface area contributed by atoms with Gasteiger partial charge in [0.15, 0.2) is 0 Å². The summed E-state index contributed by atoms with van der Waals surface area (Å²) in [5, 5.41) is 3.29. The highest BCUT2D eigenvalue weighted by molar-refractivity contribution is 7.09. The lowest BCUT2D eigenvalue weighted by Crippen LogP contribution is -2.39. The number of piperidine rings is 1. The minimum Gasteiger partial charge on any atom is -0.398 e. The van der Waals surface area contributed by atoms with E-state index in [-0.39, 0.29) is 30.7 Å². The van der Waals surface area contributed by atoms with Crippen LogP contribution in [0.15, 0.2) is 29.6 Å². The summed E-state index contributed by atoms with van der Waals surface area (Å²) < 4.78 is 0. The van der Waals surface area contributed by atoms with Crippen molar-refractivity contribution in [1.82, 2.24) is 9.88 Å². The summed E-state index contributed by atoms with van der Waals surface area (Å²) in [6.45, 7) is 3.66. The van der Waals surface area contributed by atoms with Crippen molar-refractivity contribution < 1.29 is 4.79 Å². The second kappa shape index (κ2) is 9.25. The number of thiazole rings is 1. The number of likely N-dealkylation sites (tertiary alicyclic amines) is 1. The average molecular weight is 388 g/mol. The third-order valence-electron chi connectivity index (χ3n) is 4.18. The topological polar surface area (TPSA) is 59.2 Å². The first-order valence-electron chi connectivity index (χ1n) is 7.77. The first-order valence-corrected chi connectivity index (χ1v) is 8.65. The van der Waals surface area contributed by atoms with Gasteiger partial charge in [0.25, 0.3) is 5.91 Å². The van der Waals surface area contributed by atoms with Crippen LogP contribution in [0.1, 0.15) is 46.7 Å². The van der Waals surface area contributed by atoms with E-state index in [1.54, 1.807) is 23.5 Å². The Bertz CT molecular complexity index is 677. The monoisotopic (exact) mass is 387 g/mol. The van der Waals surface area contributed by atoms with E-state index in [0.717, 1.165) is 43.1 Å². The van der Waals surface area contributed by atoms with E-state index in [1.807, 2.05) is 17.0 Å². The summed E-state index contributed by atoms with van der Waals surface area (Å²) in [4.78, 5) is 19.3. The number of para-hydroxylation sites is 1. The smallest absolute Gasteiger partial charge is 0.255 e. The molecule has 1 unspecified atom stereocenters. The normalized spacial score (nSPS) is 16.9. The van der Waals surface area contributed by atoms with Gasteiger partial charge in [-0.1, -0.05) is 19.1 Å². The van der Waals surface area contributed by atoms with E-state index >= 15 is 0 Å². The number of aryl methyl sites for hydroxylation is 1. The van der Waals surface area contributed by atoms with E-state index in [1.165, 1.54) is 0 Å². The van der Waals surface area contributed by atoms with E-state index < -0.39 is 0 Å². The Balaban J connectivity index is 0.00000144. The summed E-state index contributed by atoms with van der Waals surface area (Å²) in [6.07, 6.45) is 3.08. The lowest BCUT2D eigenvalue weighted by molar-refractivity contribution is 0.0708. The number of halogens is 2. The quantitative estimate of drug-likeness (QED) is 0.804. The van der Waals surface area contributed by atoms with Gasteiger partial charge in [0.1, 0.15) is 0 Å². The Kier molecular flexibility index (Phi) is 8.00. The van der Waals surface area contributed by atoms with E-state index in [4.69, 9.17) is 10.7 Å². The molecule has 1 saturated heterocycles. The number of hydrogen-bond donors (Lipinski definition) is 1. The second-order valence-corrected chi connectivity index (χ2v) is 6.60. The van der Waals surface area contributed by atoms with Crippen molar-refractivity contribution in [3.05, 3.63) is 45.9 Å². The highest BCUT2D eigenvalue weighted by Crippen LogP contribution is 2.30. The maximum atomic E-state index is 12.7. The van der Waals surface area contributed by atoms with E-state index in [9.17, 15) is 4.79 Å². The van der Waals surface area contributed by atoms with Crippen LogP contribution in [0.4, 0.5) is 5.69 Å². The largest absolute Gasteiger partial charge is 0.398 e. The number of nitrogen functional groups attached to an aromatic ring is 1. The summed E-state index contributed by atoms with van der Waals surface area (Å²) >= 11 is 1.72. The molecule has 0 aliphatic carbocycles. The number of anilines is 1.